The van der Waals surface area contributed by atoms with E-state index in [0.29, 0.717) is 26.3 Å². The van der Waals surface area contributed by atoms with Crippen LogP contribution in [0.4, 0.5) is 4.79 Å². The van der Waals surface area contributed by atoms with E-state index < -0.39 is 5.60 Å². The molecule has 1 aliphatic heterocycles. The fraction of sp³-hybridized carbons (Fsp3) is 0.600. The van der Waals surface area contributed by atoms with E-state index in [1.165, 1.54) is 0 Å². The van der Waals surface area contributed by atoms with Gasteiger partial charge in [-0.05, 0) is 32.9 Å². The highest BCUT2D eigenvalue weighted by Crippen LogP contribution is 2.25. The third-order valence-electron chi connectivity index (χ3n) is 3.14. The number of rotatable bonds is 2. The summed E-state index contributed by atoms with van der Waals surface area (Å²) in [6.07, 6.45) is -0.337. The first kappa shape index (κ1) is 15.7. The van der Waals surface area contributed by atoms with Gasteiger partial charge in [-0.3, -0.25) is 9.88 Å². The van der Waals surface area contributed by atoms with Gasteiger partial charge in [0, 0.05) is 13.1 Å². The fourth-order valence-electron chi connectivity index (χ4n) is 2.19. The standard InChI is InChI=1S/C15H23N3O3/c1-15(2,3)21-14(19)18-7-8-20-10-13(18)12-6-4-5-11(9-16)17-12/h4-6,13H,7-10,16H2,1-3H3. The molecule has 1 atom stereocenters. The molecule has 2 heterocycles. The molecule has 1 aromatic rings. The Balaban J connectivity index is 2.20. The molecule has 21 heavy (non-hydrogen) atoms. The van der Waals surface area contributed by atoms with Gasteiger partial charge in [0.2, 0.25) is 0 Å². The number of carbonyl (C=O) groups excluding carboxylic acids is 1. The minimum atomic E-state index is -0.521. The summed E-state index contributed by atoms with van der Waals surface area (Å²) in [5, 5.41) is 0. The van der Waals surface area contributed by atoms with Crippen LogP contribution in [-0.2, 0) is 16.0 Å². The molecule has 0 bridgehead atoms. The monoisotopic (exact) mass is 293 g/mol. The number of morpholine rings is 1. The quantitative estimate of drug-likeness (QED) is 0.900. The molecular formula is C15H23N3O3. The highest BCUT2D eigenvalue weighted by atomic mass is 16.6. The Labute approximate surface area is 125 Å². The summed E-state index contributed by atoms with van der Waals surface area (Å²) < 4.78 is 11.0. The van der Waals surface area contributed by atoms with Gasteiger partial charge in [0.25, 0.3) is 0 Å². The number of aromatic nitrogens is 1. The highest BCUT2D eigenvalue weighted by molar-refractivity contribution is 5.69. The van der Waals surface area contributed by atoms with Crippen molar-refractivity contribution in [2.45, 2.75) is 39.0 Å². The van der Waals surface area contributed by atoms with Crippen molar-refractivity contribution in [3.63, 3.8) is 0 Å². The van der Waals surface area contributed by atoms with Gasteiger partial charge in [0.1, 0.15) is 11.6 Å². The molecule has 0 radical (unpaired) electrons. The Hall–Kier alpha value is -1.66. The van der Waals surface area contributed by atoms with E-state index >= 15 is 0 Å². The second-order valence-corrected chi connectivity index (χ2v) is 6.02. The highest BCUT2D eigenvalue weighted by Gasteiger charge is 2.32. The summed E-state index contributed by atoms with van der Waals surface area (Å²) in [7, 11) is 0. The van der Waals surface area contributed by atoms with Crippen molar-refractivity contribution < 1.29 is 14.3 Å². The van der Waals surface area contributed by atoms with E-state index in [9.17, 15) is 4.79 Å². The molecule has 116 valence electrons. The van der Waals surface area contributed by atoms with Crippen LogP contribution in [-0.4, -0.2) is 41.3 Å². The van der Waals surface area contributed by atoms with E-state index in [1.54, 1.807) is 4.90 Å². The van der Waals surface area contributed by atoms with Crippen LogP contribution in [0.2, 0.25) is 0 Å². The van der Waals surface area contributed by atoms with Gasteiger partial charge in [0.15, 0.2) is 0 Å². The summed E-state index contributed by atoms with van der Waals surface area (Å²) in [6.45, 7) is 7.35. The van der Waals surface area contributed by atoms with Crippen LogP contribution in [0, 0.1) is 0 Å². The predicted molar refractivity (Wildman–Crippen MR) is 78.6 cm³/mol. The van der Waals surface area contributed by atoms with E-state index in [4.69, 9.17) is 15.2 Å². The van der Waals surface area contributed by atoms with Gasteiger partial charge in [0.05, 0.1) is 24.6 Å². The molecule has 0 aliphatic carbocycles. The molecule has 0 spiro atoms. The van der Waals surface area contributed by atoms with Gasteiger partial charge < -0.3 is 15.2 Å². The van der Waals surface area contributed by atoms with Crippen molar-refractivity contribution in [2.24, 2.45) is 5.73 Å². The zero-order valence-corrected chi connectivity index (χ0v) is 12.8. The normalized spacial score (nSPS) is 19.4. The van der Waals surface area contributed by atoms with E-state index in [0.717, 1.165) is 11.4 Å². The molecule has 0 saturated carbocycles. The van der Waals surface area contributed by atoms with Crippen molar-refractivity contribution in [1.82, 2.24) is 9.88 Å². The van der Waals surface area contributed by atoms with Gasteiger partial charge in [-0.25, -0.2) is 4.79 Å². The smallest absolute Gasteiger partial charge is 0.411 e. The number of carbonyl (C=O) groups is 1. The Bertz CT molecular complexity index is 499. The zero-order valence-electron chi connectivity index (χ0n) is 12.8. The number of amides is 1. The maximum atomic E-state index is 12.3. The van der Waals surface area contributed by atoms with Crippen molar-refractivity contribution in [3.8, 4) is 0 Å². The van der Waals surface area contributed by atoms with E-state index in [2.05, 4.69) is 4.98 Å². The third-order valence-corrected chi connectivity index (χ3v) is 3.14. The molecular weight excluding hydrogens is 270 g/mol. The number of pyridine rings is 1. The molecule has 2 N–H and O–H groups in total. The second-order valence-electron chi connectivity index (χ2n) is 6.02. The average Bonchev–Trinajstić information content (AvgIpc) is 2.45. The average molecular weight is 293 g/mol. The Morgan fingerprint density at radius 2 is 2.29 bits per heavy atom. The molecule has 6 nitrogen and oxygen atoms in total. The maximum Gasteiger partial charge on any atom is 0.411 e. The first-order valence-electron chi connectivity index (χ1n) is 7.14. The SMILES string of the molecule is CC(C)(C)OC(=O)N1CCOCC1c1cccc(CN)n1. The molecule has 6 heteroatoms. The largest absolute Gasteiger partial charge is 0.444 e. The summed E-state index contributed by atoms with van der Waals surface area (Å²) in [4.78, 5) is 18.5. The van der Waals surface area contributed by atoms with Crippen LogP contribution in [0.15, 0.2) is 18.2 Å². The third kappa shape index (κ3) is 4.15. The van der Waals surface area contributed by atoms with Gasteiger partial charge in [-0.2, -0.15) is 0 Å². The van der Waals surface area contributed by atoms with Crippen LogP contribution in [0.3, 0.4) is 0 Å². The molecule has 1 aromatic heterocycles. The number of hydrogen-bond acceptors (Lipinski definition) is 5. The number of hydrogen-bond donors (Lipinski definition) is 1. The lowest BCUT2D eigenvalue weighted by Crippen LogP contribution is -2.46. The molecule has 1 aliphatic rings. The minimum Gasteiger partial charge on any atom is -0.444 e. The van der Waals surface area contributed by atoms with Crippen LogP contribution in [0.1, 0.15) is 38.2 Å². The lowest BCUT2D eigenvalue weighted by atomic mass is 10.1. The van der Waals surface area contributed by atoms with Crippen LogP contribution < -0.4 is 5.73 Å². The first-order valence-corrected chi connectivity index (χ1v) is 7.14. The zero-order chi connectivity index (χ0) is 15.5. The van der Waals surface area contributed by atoms with E-state index in [1.807, 2.05) is 39.0 Å². The fourth-order valence-corrected chi connectivity index (χ4v) is 2.19. The summed E-state index contributed by atoms with van der Waals surface area (Å²) in [5.41, 5.74) is 6.68. The Kier molecular flexibility index (Phi) is 4.80. The molecule has 2 rings (SSSR count). The number of nitrogens with two attached hydrogens (primary N) is 1. The number of ether oxygens (including phenoxy) is 2. The lowest BCUT2D eigenvalue weighted by Gasteiger charge is -2.36. The second kappa shape index (κ2) is 6.41. The minimum absolute atomic E-state index is 0.236. The Morgan fingerprint density at radius 1 is 1.52 bits per heavy atom. The van der Waals surface area contributed by atoms with Crippen LogP contribution in [0.25, 0.3) is 0 Å². The van der Waals surface area contributed by atoms with Gasteiger partial charge >= 0.3 is 6.09 Å². The van der Waals surface area contributed by atoms with E-state index in [-0.39, 0.29) is 12.1 Å². The summed E-state index contributed by atoms with van der Waals surface area (Å²) >= 11 is 0. The molecule has 1 fully saturated rings. The Morgan fingerprint density at radius 3 is 2.95 bits per heavy atom. The molecule has 0 aromatic carbocycles. The van der Waals surface area contributed by atoms with Crippen LogP contribution in [0.5, 0.6) is 0 Å². The van der Waals surface area contributed by atoms with Crippen molar-refractivity contribution in [1.29, 1.82) is 0 Å². The number of nitrogens with zero attached hydrogens (tertiary/aromatic N) is 2. The maximum absolute atomic E-state index is 12.3. The lowest BCUT2D eigenvalue weighted by molar-refractivity contribution is -0.0341. The predicted octanol–water partition coefficient (Wildman–Crippen LogP) is 1.85. The van der Waals surface area contributed by atoms with Crippen molar-refractivity contribution >= 4 is 6.09 Å². The molecule has 1 amide bonds. The summed E-state index contributed by atoms with van der Waals surface area (Å²) in [5.74, 6) is 0. The first-order chi connectivity index (χ1) is 9.90. The van der Waals surface area contributed by atoms with Gasteiger partial charge in [-0.15, -0.1) is 0 Å². The summed E-state index contributed by atoms with van der Waals surface area (Å²) in [6, 6.07) is 5.41. The topological polar surface area (TPSA) is 77.7 Å². The van der Waals surface area contributed by atoms with Crippen molar-refractivity contribution in [3.05, 3.63) is 29.6 Å². The van der Waals surface area contributed by atoms with Gasteiger partial charge in [-0.1, -0.05) is 6.07 Å². The molecule has 1 unspecified atom stereocenters. The molecule has 1 saturated heterocycles. The van der Waals surface area contributed by atoms with Crippen LogP contribution >= 0.6 is 0 Å². The van der Waals surface area contributed by atoms with Crippen molar-refractivity contribution in [2.75, 3.05) is 19.8 Å².